The molecule has 0 unspecified atom stereocenters. The van der Waals surface area contributed by atoms with Crippen LogP contribution in [0.15, 0.2) is 30.3 Å². The molecule has 0 saturated carbocycles. The molecule has 1 amide bonds. The molecule has 0 bridgehead atoms. The second kappa shape index (κ2) is 8.12. The maximum Gasteiger partial charge on any atom is 0.311 e. The van der Waals surface area contributed by atoms with Gasteiger partial charge in [0.2, 0.25) is 0 Å². The maximum atomic E-state index is 12.7. The molecule has 0 aliphatic heterocycles. The first-order valence-corrected chi connectivity index (χ1v) is 8.60. The van der Waals surface area contributed by atoms with Gasteiger partial charge in [-0.15, -0.1) is 11.3 Å². The average molecular weight is 369 g/mol. The lowest BCUT2D eigenvalue weighted by Gasteiger charge is -2.20. The zero-order chi connectivity index (χ0) is 17.7. The minimum absolute atomic E-state index is 0.159. The van der Waals surface area contributed by atoms with Gasteiger partial charge in [0.05, 0.1) is 22.4 Å². The second-order valence-electron chi connectivity index (χ2n) is 4.90. The fourth-order valence-electron chi connectivity index (χ4n) is 2.21. The average Bonchev–Trinajstić information content (AvgIpc) is 2.97. The fourth-order valence-corrected chi connectivity index (χ4v) is 3.31. The number of hydrogen-bond donors (Lipinski definition) is 0. The third-order valence-corrected chi connectivity index (χ3v) is 4.56. The number of nitro benzene ring substituents is 1. The van der Waals surface area contributed by atoms with Gasteiger partial charge in [-0.3, -0.25) is 14.9 Å². The van der Waals surface area contributed by atoms with Crippen molar-refractivity contribution in [2.24, 2.45) is 0 Å². The van der Waals surface area contributed by atoms with Crippen molar-refractivity contribution in [3.8, 4) is 5.75 Å². The molecule has 0 N–H and O–H groups in total. The highest BCUT2D eigenvalue weighted by molar-refractivity contribution is 7.16. The Bertz CT molecular complexity index is 747. The van der Waals surface area contributed by atoms with E-state index < -0.39 is 4.92 Å². The van der Waals surface area contributed by atoms with Gasteiger partial charge in [0.1, 0.15) is 0 Å². The lowest BCUT2D eigenvalue weighted by atomic mass is 10.1. The predicted octanol–water partition coefficient (Wildman–Crippen LogP) is 4.37. The van der Waals surface area contributed by atoms with Crippen molar-refractivity contribution in [1.29, 1.82) is 0 Å². The molecule has 1 aromatic heterocycles. The van der Waals surface area contributed by atoms with E-state index in [1.165, 1.54) is 23.5 Å². The molecule has 2 aromatic rings. The molecular formula is C16H17ClN2O4S. The molecule has 24 heavy (non-hydrogen) atoms. The summed E-state index contributed by atoms with van der Waals surface area (Å²) in [5.41, 5.74) is 0.0487. The Kier molecular flexibility index (Phi) is 6.16. The molecule has 2 rings (SSSR count). The Labute approximate surface area is 148 Å². The van der Waals surface area contributed by atoms with E-state index in [2.05, 4.69) is 0 Å². The van der Waals surface area contributed by atoms with Crippen molar-refractivity contribution in [3.63, 3.8) is 0 Å². The largest absolute Gasteiger partial charge is 0.487 e. The van der Waals surface area contributed by atoms with E-state index in [4.69, 9.17) is 16.3 Å². The minimum atomic E-state index is -0.545. The summed E-state index contributed by atoms with van der Waals surface area (Å²) in [7, 11) is 0. The van der Waals surface area contributed by atoms with Crippen LogP contribution < -0.4 is 4.74 Å². The van der Waals surface area contributed by atoms with Gasteiger partial charge >= 0.3 is 5.69 Å². The number of benzene rings is 1. The highest BCUT2D eigenvalue weighted by Gasteiger charge is 2.21. The van der Waals surface area contributed by atoms with Gasteiger partial charge in [0.25, 0.3) is 5.91 Å². The molecule has 1 aromatic carbocycles. The number of rotatable bonds is 7. The number of thiophene rings is 1. The van der Waals surface area contributed by atoms with Gasteiger partial charge < -0.3 is 9.64 Å². The molecule has 6 nitrogen and oxygen atoms in total. The van der Waals surface area contributed by atoms with Gasteiger partial charge in [-0.05, 0) is 38.1 Å². The zero-order valence-corrected chi connectivity index (χ0v) is 14.9. The maximum absolute atomic E-state index is 12.7. The summed E-state index contributed by atoms with van der Waals surface area (Å²) < 4.78 is 5.90. The standard InChI is InChI=1S/C16H17ClN2O4S/c1-3-18(10-12-6-8-15(17)24-12)16(20)11-5-7-14(23-4-2)13(9-11)19(21)22/h5-9H,3-4,10H2,1-2H3. The molecule has 128 valence electrons. The van der Waals surface area contributed by atoms with Crippen molar-refractivity contribution in [1.82, 2.24) is 4.90 Å². The second-order valence-corrected chi connectivity index (χ2v) is 6.70. The number of ether oxygens (including phenoxy) is 1. The van der Waals surface area contributed by atoms with E-state index >= 15 is 0 Å². The normalized spacial score (nSPS) is 10.5. The van der Waals surface area contributed by atoms with Crippen LogP contribution in [0.2, 0.25) is 4.34 Å². The topological polar surface area (TPSA) is 72.7 Å². The van der Waals surface area contributed by atoms with Crippen molar-refractivity contribution in [2.75, 3.05) is 13.2 Å². The van der Waals surface area contributed by atoms with E-state index in [-0.39, 0.29) is 22.9 Å². The van der Waals surface area contributed by atoms with E-state index in [1.807, 2.05) is 13.0 Å². The lowest BCUT2D eigenvalue weighted by molar-refractivity contribution is -0.385. The van der Waals surface area contributed by atoms with Crippen molar-refractivity contribution in [2.45, 2.75) is 20.4 Å². The van der Waals surface area contributed by atoms with E-state index in [0.717, 1.165) is 4.88 Å². The van der Waals surface area contributed by atoms with Crippen molar-refractivity contribution < 1.29 is 14.5 Å². The van der Waals surface area contributed by atoms with Crippen LogP contribution in [0.5, 0.6) is 5.75 Å². The Balaban J connectivity index is 2.26. The number of carbonyl (C=O) groups is 1. The Morgan fingerprint density at radius 3 is 2.62 bits per heavy atom. The zero-order valence-electron chi connectivity index (χ0n) is 13.3. The van der Waals surface area contributed by atoms with Crippen molar-refractivity contribution in [3.05, 3.63) is 55.2 Å². The molecule has 0 radical (unpaired) electrons. The molecule has 0 atom stereocenters. The van der Waals surface area contributed by atoms with Gasteiger partial charge in [0, 0.05) is 23.1 Å². The monoisotopic (exact) mass is 368 g/mol. The van der Waals surface area contributed by atoms with Gasteiger partial charge in [-0.25, -0.2) is 0 Å². The highest BCUT2D eigenvalue weighted by Crippen LogP contribution is 2.29. The van der Waals surface area contributed by atoms with Crippen LogP contribution in [0.3, 0.4) is 0 Å². The molecule has 1 heterocycles. The number of nitrogens with zero attached hydrogens (tertiary/aromatic N) is 2. The summed E-state index contributed by atoms with van der Waals surface area (Å²) in [5.74, 6) is -0.111. The lowest BCUT2D eigenvalue weighted by Crippen LogP contribution is -2.30. The molecular weight excluding hydrogens is 352 g/mol. The van der Waals surface area contributed by atoms with Crippen LogP contribution in [0.4, 0.5) is 5.69 Å². The van der Waals surface area contributed by atoms with Crippen LogP contribution in [0, 0.1) is 10.1 Å². The Morgan fingerprint density at radius 1 is 1.33 bits per heavy atom. The quantitative estimate of drug-likeness (QED) is 0.537. The molecule has 0 aliphatic rings. The molecule has 0 aliphatic carbocycles. The number of hydrogen-bond acceptors (Lipinski definition) is 5. The summed E-state index contributed by atoms with van der Waals surface area (Å²) in [6.07, 6.45) is 0. The Morgan fingerprint density at radius 2 is 2.08 bits per heavy atom. The third kappa shape index (κ3) is 4.24. The molecule has 0 spiro atoms. The molecule has 0 fully saturated rings. The van der Waals surface area contributed by atoms with E-state index in [9.17, 15) is 14.9 Å². The molecule has 8 heteroatoms. The summed E-state index contributed by atoms with van der Waals surface area (Å²) in [6.45, 7) is 4.81. The van der Waals surface area contributed by atoms with Crippen LogP contribution in [0.1, 0.15) is 29.1 Å². The predicted molar refractivity (Wildman–Crippen MR) is 94.0 cm³/mol. The summed E-state index contributed by atoms with van der Waals surface area (Å²) >= 11 is 7.32. The SMILES string of the molecule is CCOc1ccc(C(=O)N(CC)Cc2ccc(Cl)s2)cc1[N+](=O)[O-]. The van der Waals surface area contributed by atoms with Crippen molar-refractivity contribution >= 4 is 34.5 Å². The number of halogens is 1. The molecule has 0 saturated heterocycles. The highest BCUT2D eigenvalue weighted by atomic mass is 35.5. The van der Waals surface area contributed by atoms with Gasteiger partial charge in [-0.2, -0.15) is 0 Å². The fraction of sp³-hybridized carbons (Fsp3) is 0.312. The summed E-state index contributed by atoms with van der Waals surface area (Å²) in [4.78, 5) is 25.9. The Hall–Kier alpha value is -2.12. The van der Waals surface area contributed by atoms with Gasteiger partial charge in [0.15, 0.2) is 5.75 Å². The van der Waals surface area contributed by atoms with E-state index in [0.29, 0.717) is 24.0 Å². The third-order valence-electron chi connectivity index (χ3n) is 3.35. The minimum Gasteiger partial charge on any atom is -0.487 e. The van der Waals surface area contributed by atoms with Crippen LogP contribution in [-0.4, -0.2) is 28.9 Å². The number of nitro groups is 1. The summed E-state index contributed by atoms with van der Waals surface area (Å²) in [5, 5.41) is 11.2. The van der Waals surface area contributed by atoms with E-state index in [1.54, 1.807) is 24.0 Å². The first-order valence-electron chi connectivity index (χ1n) is 7.41. The van der Waals surface area contributed by atoms with Crippen LogP contribution >= 0.6 is 22.9 Å². The number of amides is 1. The van der Waals surface area contributed by atoms with Crippen LogP contribution in [0.25, 0.3) is 0 Å². The smallest absolute Gasteiger partial charge is 0.311 e. The number of carbonyl (C=O) groups excluding carboxylic acids is 1. The van der Waals surface area contributed by atoms with Gasteiger partial charge in [-0.1, -0.05) is 11.6 Å². The first-order chi connectivity index (χ1) is 11.5. The first kappa shape index (κ1) is 18.2. The summed E-state index contributed by atoms with van der Waals surface area (Å²) in [6, 6.07) is 7.91. The van der Waals surface area contributed by atoms with Crippen LogP contribution in [-0.2, 0) is 6.54 Å².